The van der Waals surface area contributed by atoms with Crippen molar-refractivity contribution in [2.45, 2.75) is 62.3 Å². The molecule has 4 heteroatoms. The highest BCUT2D eigenvalue weighted by molar-refractivity contribution is 6.98. The summed E-state index contributed by atoms with van der Waals surface area (Å²) in [6, 6.07) is 57.4. The number of nitrogens with zero attached hydrogens (tertiary/aromatic N) is 1. The lowest BCUT2D eigenvalue weighted by Gasteiger charge is -2.32. The number of ether oxygens (including phenoxy) is 1. The quantitative estimate of drug-likeness (QED) is 0.127. The molecule has 0 heterocycles. The molecule has 0 unspecified atom stereocenters. The van der Waals surface area contributed by atoms with Crippen LogP contribution in [-0.2, 0) is 0 Å². The van der Waals surface area contributed by atoms with Crippen molar-refractivity contribution in [3.05, 3.63) is 220 Å². The lowest BCUT2D eigenvalue weighted by Crippen LogP contribution is -2.56. The second-order valence-corrected chi connectivity index (χ2v) is 18.4. The van der Waals surface area contributed by atoms with E-state index in [0.717, 1.165) is 66.8 Å². The minimum absolute atomic E-state index is 0.0194. The second-order valence-electron chi connectivity index (χ2n) is 18.4. The number of hydrogen-bond donors (Lipinski definition) is 0. The molecule has 66 heavy (non-hydrogen) atoms. The zero-order chi connectivity index (χ0) is 46.4. The van der Waals surface area contributed by atoms with Gasteiger partial charge in [-0.25, -0.2) is 4.39 Å². The van der Waals surface area contributed by atoms with E-state index < -0.39 is 0 Å². The molecule has 0 saturated heterocycles. The Morgan fingerprint density at radius 2 is 0.894 bits per heavy atom. The molecule has 0 aliphatic rings. The first kappa shape index (κ1) is 44.1. The van der Waals surface area contributed by atoms with Crippen molar-refractivity contribution in [2.24, 2.45) is 0 Å². The summed E-state index contributed by atoms with van der Waals surface area (Å²) in [6.45, 7) is 19.8. The van der Waals surface area contributed by atoms with E-state index in [-0.39, 0.29) is 12.5 Å². The Bertz CT molecular complexity index is 3170. The first-order valence-electron chi connectivity index (χ1n) is 23.0. The Kier molecular flexibility index (Phi) is 12.0. The van der Waals surface area contributed by atoms with Gasteiger partial charge in [0.25, 0.3) is 0 Å². The highest BCUT2D eigenvalue weighted by atomic mass is 19.1. The summed E-state index contributed by atoms with van der Waals surface area (Å²) in [5.41, 5.74) is 22.7. The van der Waals surface area contributed by atoms with Gasteiger partial charge < -0.3 is 9.64 Å². The van der Waals surface area contributed by atoms with Gasteiger partial charge in [0.15, 0.2) is 0 Å². The summed E-state index contributed by atoms with van der Waals surface area (Å²) < 4.78 is 24.0. The molecule has 0 N–H and O–H groups in total. The summed E-state index contributed by atoms with van der Waals surface area (Å²) in [5, 5.41) is 2.34. The number of halogens is 1. The Hall–Kier alpha value is -7.17. The summed E-state index contributed by atoms with van der Waals surface area (Å²) in [6.07, 6.45) is 0. The molecule has 0 radical (unpaired) electrons. The van der Waals surface area contributed by atoms with E-state index in [9.17, 15) is 0 Å². The van der Waals surface area contributed by atoms with E-state index in [1.165, 1.54) is 55.2 Å². The smallest absolute Gasteiger partial charge is 0.243 e. The number of rotatable bonds is 10. The van der Waals surface area contributed by atoms with Crippen LogP contribution in [0.5, 0.6) is 5.75 Å². The number of benzene rings is 9. The van der Waals surface area contributed by atoms with Crippen molar-refractivity contribution >= 4 is 50.9 Å². The minimum atomic E-state index is -0.313. The van der Waals surface area contributed by atoms with Gasteiger partial charge in [0, 0.05) is 17.2 Å². The van der Waals surface area contributed by atoms with E-state index in [1.807, 2.05) is 48.5 Å². The molecule has 0 fully saturated rings. The maximum absolute atomic E-state index is 17.6. The predicted molar refractivity (Wildman–Crippen MR) is 282 cm³/mol. The average Bonchev–Trinajstić information content (AvgIpc) is 3.29. The van der Waals surface area contributed by atoms with Crippen molar-refractivity contribution < 1.29 is 9.13 Å². The highest BCUT2D eigenvalue weighted by Crippen LogP contribution is 2.48. The molecule has 0 bridgehead atoms. The molecule has 9 aromatic rings. The molecule has 0 aliphatic heterocycles. The van der Waals surface area contributed by atoms with E-state index in [0.29, 0.717) is 11.4 Å². The maximum atomic E-state index is 17.6. The Morgan fingerprint density at radius 3 is 1.44 bits per heavy atom. The molecule has 9 rings (SSSR count). The van der Waals surface area contributed by atoms with Crippen LogP contribution in [-0.4, -0.2) is 13.8 Å². The minimum Gasteiger partial charge on any atom is -0.496 e. The number of fused-ring (bicyclic) bond motifs is 1. The fourth-order valence-electron chi connectivity index (χ4n) is 11.0. The molecule has 0 saturated carbocycles. The molecule has 0 spiro atoms. The first-order valence-corrected chi connectivity index (χ1v) is 23.0. The Balaban J connectivity index is 1.27. The van der Waals surface area contributed by atoms with Crippen molar-refractivity contribution in [3.63, 3.8) is 0 Å². The summed E-state index contributed by atoms with van der Waals surface area (Å²) in [4.78, 5) is 2.10. The molecule has 0 amide bonds. The van der Waals surface area contributed by atoms with Gasteiger partial charge in [-0.1, -0.05) is 189 Å². The molecule has 9 aromatic carbocycles. The third-order valence-electron chi connectivity index (χ3n) is 13.4. The lowest BCUT2D eigenvalue weighted by molar-refractivity contribution is 0.416. The molecule has 0 atom stereocenters. The van der Waals surface area contributed by atoms with E-state index in [4.69, 9.17) is 4.74 Å². The maximum Gasteiger partial charge on any atom is 0.243 e. The third-order valence-corrected chi connectivity index (χ3v) is 13.4. The van der Waals surface area contributed by atoms with Crippen LogP contribution >= 0.6 is 0 Å². The number of anilines is 3. The second kappa shape index (κ2) is 18.0. The standard InChI is InChI=1S/C62H57BFNO/c1-38-29-41(4)59(42(5)30-38)63(60-43(6)31-39(2)32-44(60)7)56-28-27-52(51-23-17-18-24-53(51)56)54-26-25-50(37-58(54)66-10)65(61-45(8)33-40(3)34-46(61)9)62-55(48-21-15-12-16-22-48)35-49(36-57(62)64)47-19-13-11-14-20-47/h11-37H,1-10H3. The fraction of sp³-hybridized carbons (Fsp3) is 0.161. The van der Waals surface area contributed by atoms with Gasteiger partial charge in [0.05, 0.1) is 24.2 Å². The SMILES string of the molecule is COc1cc(N(c2c(C)cc(C)cc2C)c2c(F)cc(-c3ccccc3)cc2-c2ccccc2)ccc1-c1ccc(B(c2c(C)cc(C)cc2C)c2c(C)cc(C)cc2C)c2ccccc12. The van der Waals surface area contributed by atoms with Crippen LogP contribution in [0.25, 0.3) is 44.2 Å². The van der Waals surface area contributed by atoms with Gasteiger partial charge in [-0.3, -0.25) is 0 Å². The Labute approximate surface area is 391 Å². The number of hydrogen-bond acceptors (Lipinski definition) is 2. The molecule has 326 valence electrons. The van der Waals surface area contributed by atoms with Crippen molar-refractivity contribution in [3.8, 4) is 39.1 Å². The van der Waals surface area contributed by atoms with Crippen LogP contribution in [0, 0.1) is 68.1 Å². The zero-order valence-electron chi connectivity index (χ0n) is 39.9. The van der Waals surface area contributed by atoms with E-state index >= 15 is 4.39 Å². The van der Waals surface area contributed by atoms with E-state index in [1.54, 1.807) is 13.2 Å². The number of methoxy groups -OCH3 is 1. The van der Waals surface area contributed by atoms with Crippen LogP contribution in [0.2, 0.25) is 0 Å². The molecular weight excluding hydrogens is 804 g/mol. The summed E-state index contributed by atoms with van der Waals surface area (Å²) in [7, 11) is 1.73. The van der Waals surface area contributed by atoms with Gasteiger partial charge in [-0.15, -0.1) is 0 Å². The van der Waals surface area contributed by atoms with Crippen LogP contribution in [0.1, 0.15) is 50.1 Å². The average molecular weight is 862 g/mol. The van der Waals surface area contributed by atoms with Crippen LogP contribution in [0.4, 0.5) is 21.5 Å². The Morgan fingerprint density at radius 1 is 0.409 bits per heavy atom. The fourth-order valence-corrected chi connectivity index (χ4v) is 11.0. The molecule has 0 aliphatic carbocycles. The van der Waals surface area contributed by atoms with Crippen molar-refractivity contribution in [2.75, 3.05) is 12.0 Å². The van der Waals surface area contributed by atoms with Gasteiger partial charge in [0.2, 0.25) is 6.71 Å². The van der Waals surface area contributed by atoms with Crippen molar-refractivity contribution in [1.29, 1.82) is 0 Å². The largest absolute Gasteiger partial charge is 0.496 e. The van der Waals surface area contributed by atoms with Crippen LogP contribution < -0.4 is 26.0 Å². The van der Waals surface area contributed by atoms with Gasteiger partial charge >= 0.3 is 0 Å². The van der Waals surface area contributed by atoms with E-state index in [2.05, 4.69) is 176 Å². The molecule has 0 aromatic heterocycles. The van der Waals surface area contributed by atoms with Gasteiger partial charge in [-0.2, -0.15) is 0 Å². The predicted octanol–water partition coefficient (Wildman–Crippen LogP) is 14.8. The van der Waals surface area contributed by atoms with Crippen LogP contribution in [0.15, 0.2) is 164 Å². The monoisotopic (exact) mass is 861 g/mol. The third kappa shape index (κ3) is 8.11. The lowest BCUT2D eigenvalue weighted by atomic mass is 9.33. The normalized spacial score (nSPS) is 11.3. The van der Waals surface area contributed by atoms with Crippen LogP contribution in [0.3, 0.4) is 0 Å². The van der Waals surface area contributed by atoms with Gasteiger partial charge in [0.1, 0.15) is 11.6 Å². The van der Waals surface area contributed by atoms with Crippen molar-refractivity contribution in [1.82, 2.24) is 0 Å². The van der Waals surface area contributed by atoms with Gasteiger partial charge in [-0.05, 0) is 131 Å². The highest BCUT2D eigenvalue weighted by Gasteiger charge is 2.31. The first-order chi connectivity index (χ1) is 31.8. The molecule has 2 nitrogen and oxygen atoms in total. The topological polar surface area (TPSA) is 12.5 Å². The molecular formula is C62H57BFNO. The summed E-state index contributed by atoms with van der Waals surface area (Å²) >= 11 is 0. The zero-order valence-corrected chi connectivity index (χ0v) is 39.9. The summed E-state index contributed by atoms with van der Waals surface area (Å²) in [5.74, 6) is 0.388. The number of aryl methyl sites for hydroxylation is 9.